The second-order valence-corrected chi connectivity index (χ2v) is 4.96. The fraction of sp³-hybridized carbons (Fsp3) is 0.818. The lowest BCUT2D eigenvalue weighted by Crippen LogP contribution is -2.36. The van der Waals surface area contributed by atoms with Gasteiger partial charge in [0, 0.05) is 25.7 Å². The van der Waals surface area contributed by atoms with Gasteiger partial charge in [-0.05, 0) is 39.9 Å². The van der Waals surface area contributed by atoms with Gasteiger partial charge in [0.05, 0.1) is 6.61 Å². The van der Waals surface area contributed by atoms with Gasteiger partial charge in [0.2, 0.25) is 5.95 Å². The second kappa shape index (κ2) is 6.16. The van der Waals surface area contributed by atoms with E-state index in [4.69, 9.17) is 17.0 Å². The molecule has 0 fully saturated rings. The standard InChI is InChI=1S/C11H22N4OS/c1-8(2)14(6-7-16-5)10-12-13-11(17)15(10)9(3)4/h8-9H,6-7H2,1-5H3,(H,13,17). The van der Waals surface area contributed by atoms with Crippen molar-refractivity contribution in [2.24, 2.45) is 0 Å². The minimum absolute atomic E-state index is 0.292. The van der Waals surface area contributed by atoms with Gasteiger partial charge in [0.15, 0.2) is 4.77 Å². The van der Waals surface area contributed by atoms with Crippen LogP contribution in [0, 0.1) is 4.77 Å². The molecule has 1 aromatic heterocycles. The first kappa shape index (κ1) is 14.2. The van der Waals surface area contributed by atoms with Gasteiger partial charge in [0.1, 0.15) is 0 Å². The van der Waals surface area contributed by atoms with Gasteiger partial charge in [-0.2, -0.15) is 0 Å². The number of H-pyrrole nitrogens is 1. The van der Waals surface area contributed by atoms with E-state index in [1.807, 2.05) is 4.57 Å². The summed E-state index contributed by atoms with van der Waals surface area (Å²) in [6, 6.07) is 0.646. The molecule has 98 valence electrons. The first-order valence-corrected chi connectivity index (χ1v) is 6.32. The number of anilines is 1. The van der Waals surface area contributed by atoms with Crippen LogP contribution in [-0.4, -0.2) is 41.1 Å². The average Bonchev–Trinajstić information content (AvgIpc) is 2.60. The quantitative estimate of drug-likeness (QED) is 0.796. The predicted molar refractivity (Wildman–Crippen MR) is 72.2 cm³/mol. The molecule has 0 unspecified atom stereocenters. The molecule has 0 aliphatic rings. The molecule has 1 heterocycles. The minimum atomic E-state index is 0.292. The molecule has 1 N–H and O–H groups in total. The number of nitrogens with zero attached hydrogens (tertiary/aromatic N) is 3. The maximum Gasteiger partial charge on any atom is 0.226 e. The van der Waals surface area contributed by atoms with Crippen molar-refractivity contribution >= 4 is 18.2 Å². The van der Waals surface area contributed by atoms with Gasteiger partial charge >= 0.3 is 0 Å². The van der Waals surface area contributed by atoms with Crippen LogP contribution in [-0.2, 0) is 4.74 Å². The third kappa shape index (κ3) is 3.29. The smallest absolute Gasteiger partial charge is 0.226 e. The molecule has 0 aromatic carbocycles. The summed E-state index contributed by atoms with van der Waals surface area (Å²) in [5.74, 6) is 0.886. The normalized spacial score (nSPS) is 11.5. The molecule has 0 aliphatic heterocycles. The summed E-state index contributed by atoms with van der Waals surface area (Å²) in [6.45, 7) is 9.96. The first-order valence-electron chi connectivity index (χ1n) is 5.91. The summed E-state index contributed by atoms with van der Waals surface area (Å²) in [7, 11) is 1.71. The van der Waals surface area contributed by atoms with Crippen molar-refractivity contribution in [2.75, 3.05) is 25.2 Å². The van der Waals surface area contributed by atoms with Crippen molar-refractivity contribution in [1.29, 1.82) is 0 Å². The Balaban J connectivity index is 3.05. The molecule has 0 saturated heterocycles. The summed E-state index contributed by atoms with van der Waals surface area (Å²) in [6.07, 6.45) is 0. The Bertz CT molecular complexity index is 396. The Hall–Kier alpha value is -0.880. The molecule has 0 spiro atoms. The van der Waals surface area contributed by atoms with Crippen LogP contribution < -0.4 is 4.90 Å². The van der Waals surface area contributed by atoms with E-state index in [0.29, 0.717) is 23.5 Å². The third-order valence-electron chi connectivity index (χ3n) is 2.62. The van der Waals surface area contributed by atoms with Crippen LogP contribution in [0.3, 0.4) is 0 Å². The van der Waals surface area contributed by atoms with Gasteiger partial charge in [0.25, 0.3) is 0 Å². The summed E-state index contributed by atoms with van der Waals surface area (Å²) in [4.78, 5) is 2.19. The number of methoxy groups -OCH3 is 1. The van der Waals surface area contributed by atoms with Crippen molar-refractivity contribution in [1.82, 2.24) is 14.8 Å². The SMILES string of the molecule is COCCN(c1n[nH]c(=S)n1C(C)C)C(C)C. The van der Waals surface area contributed by atoms with Crippen LogP contribution in [0.15, 0.2) is 0 Å². The fourth-order valence-corrected chi connectivity index (χ4v) is 2.08. The van der Waals surface area contributed by atoms with Gasteiger partial charge in [-0.1, -0.05) is 0 Å². The lowest BCUT2D eigenvalue weighted by molar-refractivity contribution is 0.203. The molecule has 0 radical (unpaired) electrons. The topological polar surface area (TPSA) is 46.1 Å². The monoisotopic (exact) mass is 258 g/mol. The van der Waals surface area contributed by atoms with Crippen molar-refractivity contribution in [3.05, 3.63) is 4.77 Å². The van der Waals surface area contributed by atoms with E-state index >= 15 is 0 Å². The van der Waals surface area contributed by atoms with E-state index in [1.54, 1.807) is 7.11 Å². The zero-order chi connectivity index (χ0) is 13.0. The molecule has 1 rings (SSSR count). The van der Waals surface area contributed by atoms with E-state index in [-0.39, 0.29) is 0 Å². The highest BCUT2D eigenvalue weighted by Gasteiger charge is 2.18. The Labute approximate surface area is 108 Å². The number of ether oxygens (including phenoxy) is 1. The van der Waals surface area contributed by atoms with Crippen LogP contribution in [0.2, 0.25) is 0 Å². The van der Waals surface area contributed by atoms with Crippen molar-refractivity contribution < 1.29 is 4.74 Å². The summed E-state index contributed by atoms with van der Waals surface area (Å²) in [5, 5.41) is 7.19. The number of rotatable bonds is 6. The number of aromatic amines is 1. The summed E-state index contributed by atoms with van der Waals surface area (Å²) >= 11 is 5.25. The molecular weight excluding hydrogens is 236 g/mol. The van der Waals surface area contributed by atoms with E-state index in [1.165, 1.54) is 0 Å². The molecule has 17 heavy (non-hydrogen) atoms. The van der Waals surface area contributed by atoms with Crippen molar-refractivity contribution in [2.45, 2.75) is 39.8 Å². The predicted octanol–water partition coefficient (Wildman–Crippen LogP) is 2.38. The molecule has 0 bridgehead atoms. The molecule has 0 aliphatic carbocycles. The molecular formula is C11H22N4OS. The van der Waals surface area contributed by atoms with Crippen LogP contribution >= 0.6 is 12.2 Å². The average molecular weight is 258 g/mol. The Morgan fingerprint density at radius 1 is 1.41 bits per heavy atom. The Morgan fingerprint density at radius 2 is 2.06 bits per heavy atom. The molecule has 0 atom stereocenters. The van der Waals surface area contributed by atoms with Crippen molar-refractivity contribution in [3.8, 4) is 0 Å². The lowest BCUT2D eigenvalue weighted by atomic mass is 10.3. The molecule has 1 aromatic rings. The maximum absolute atomic E-state index is 5.25. The fourth-order valence-electron chi connectivity index (χ4n) is 1.74. The summed E-state index contributed by atoms with van der Waals surface area (Å²) < 4.78 is 7.83. The Kier molecular flexibility index (Phi) is 5.14. The number of hydrogen-bond acceptors (Lipinski definition) is 4. The van der Waals surface area contributed by atoms with Gasteiger partial charge < -0.3 is 9.64 Å². The molecule has 0 saturated carbocycles. The lowest BCUT2D eigenvalue weighted by Gasteiger charge is -2.28. The van der Waals surface area contributed by atoms with E-state index in [2.05, 4.69) is 42.8 Å². The zero-order valence-corrected chi connectivity index (χ0v) is 12.0. The number of nitrogens with one attached hydrogen (secondary N) is 1. The van der Waals surface area contributed by atoms with E-state index in [9.17, 15) is 0 Å². The van der Waals surface area contributed by atoms with Gasteiger partial charge in [-0.25, -0.2) is 5.10 Å². The number of hydrogen-bond donors (Lipinski definition) is 1. The molecule has 0 amide bonds. The van der Waals surface area contributed by atoms with Gasteiger partial charge in [-0.3, -0.25) is 4.57 Å². The van der Waals surface area contributed by atoms with E-state index in [0.717, 1.165) is 12.5 Å². The minimum Gasteiger partial charge on any atom is -0.383 e. The van der Waals surface area contributed by atoms with Crippen molar-refractivity contribution in [3.63, 3.8) is 0 Å². The van der Waals surface area contributed by atoms with Gasteiger partial charge in [-0.15, -0.1) is 5.10 Å². The van der Waals surface area contributed by atoms with E-state index < -0.39 is 0 Å². The molecule has 5 nitrogen and oxygen atoms in total. The number of aromatic nitrogens is 3. The largest absolute Gasteiger partial charge is 0.383 e. The van der Waals surface area contributed by atoms with Crippen LogP contribution in [0.25, 0.3) is 0 Å². The van der Waals surface area contributed by atoms with Crippen LogP contribution in [0.5, 0.6) is 0 Å². The maximum atomic E-state index is 5.25. The van der Waals surface area contributed by atoms with Crippen LogP contribution in [0.1, 0.15) is 33.7 Å². The highest BCUT2D eigenvalue weighted by molar-refractivity contribution is 7.71. The third-order valence-corrected chi connectivity index (χ3v) is 2.91. The highest BCUT2D eigenvalue weighted by atomic mass is 32.1. The Morgan fingerprint density at radius 3 is 2.53 bits per heavy atom. The van der Waals surface area contributed by atoms with Crippen LogP contribution in [0.4, 0.5) is 5.95 Å². The first-order chi connectivity index (χ1) is 7.99. The second-order valence-electron chi connectivity index (χ2n) is 4.57. The zero-order valence-electron chi connectivity index (χ0n) is 11.2. The molecule has 6 heteroatoms. The highest BCUT2D eigenvalue weighted by Crippen LogP contribution is 2.19. The summed E-state index contributed by atoms with van der Waals surface area (Å²) in [5.41, 5.74) is 0.